The van der Waals surface area contributed by atoms with E-state index < -0.39 is 126 Å². The number of hydrogen-bond donors (Lipinski definition) is 11. The molecule has 2 saturated heterocycles. The molecule has 46 heavy (non-hydrogen) atoms. The average molecular weight is 657 g/mol. The second-order valence-corrected chi connectivity index (χ2v) is 10.6. The predicted molar refractivity (Wildman–Crippen MR) is 148 cm³/mol. The van der Waals surface area contributed by atoms with Crippen molar-refractivity contribution in [3.05, 3.63) is 34.5 Å². The van der Waals surface area contributed by atoms with Crippen LogP contribution >= 0.6 is 0 Å². The maximum Gasteiger partial charge on any atom is 0.238 e. The lowest BCUT2D eigenvalue weighted by molar-refractivity contribution is -0.323. The van der Waals surface area contributed by atoms with Crippen LogP contribution in [0.4, 0.5) is 0 Å². The number of rotatable bonds is 8. The van der Waals surface area contributed by atoms with Crippen molar-refractivity contribution in [1.29, 1.82) is 0 Å². The summed E-state index contributed by atoms with van der Waals surface area (Å²) in [5.74, 6) is -4.24. The Morgan fingerprint density at radius 3 is 2.02 bits per heavy atom. The normalized spacial score (nSPS) is 31.6. The van der Waals surface area contributed by atoms with E-state index >= 15 is 0 Å². The van der Waals surface area contributed by atoms with Crippen LogP contribution in [0, 0.1) is 0 Å². The van der Waals surface area contributed by atoms with Gasteiger partial charge in [0.2, 0.25) is 23.2 Å². The number of aliphatic hydroxyl groups is 7. The van der Waals surface area contributed by atoms with E-state index in [2.05, 4.69) is 0 Å². The third-order valence-corrected chi connectivity index (χ3v) is 7.68. The summed E-state index contributed by atoms with van der Waals surface area (Å²) >= 11 is 0. The first kappa shape index (κ1) is 33.4. The van der Waals surface area contributed by atoms with Crippen molar-refractivity contribution < 1.29 is 84.3 Å². The Hall–Kier alpha value is -3.95. The maximum absolute atomic E-state index is 13.1. The van der Waals surface area contributed by atoms with Crippen molar-refractivity contribution in [2.45, 2.75) is 61.4 Å². The number of ether oxygens (including phenoxy) is 5. The van der Waals surface area contributed by atoms with Gasteiger partial charge in [0.15, 0.2) is 35.0 Å². The van der Waals surface area contributed by atoms with Crippen LogP contribution in [0.1, 0.15) is 0 Å². The lowest BCUT2D eigenvalue weighted by atomic mass is 9.98. The molecule has 2 aliphatic heterocycles. The van der Waals surface area contributed by atoms with Crippen LogP contribution in [0.25, 0.3) is 22.3 Å². The van der Waals surface area contributed by atoms with E-state index in [0.717, 1.165) is 25.3 Å². The maximum atomic E-state index is 13.1. The Kier molecular flexibility index (Phi) is 9.47. The number of aromatic hydroxyl groups is 4. The lowest BCUT2D eigenvalue weighted by Crippen LogP contribution is -2.62. The summed E-state index contributed by atoms with van der Waals surface area (Å²) in [6, 6.07) is 4.34. The summed E-state index contributed by atoms with van der Waals surface area (Å²) in [6.45, 7) is -1.38. The Balaban J connectivity index is 1.44. The third-order valence-electron chi connectivity index (χ3n) is 7.68. The molecule has 0 aliphatic carbocycles. The first-order valence-electron chi connectivity index (χ1n) is 13.7. The number of fused-ring (bicyclic) bond motifs is 1. The zero-order valence-electron chi connectivity index (χ0n) is 23.8. The average Bonchev–Trinajstić information content (AvgIpc) is 3.03. The van der Waals surface area contributed by atoms with Gasteiger partial charge in [-0.05, 0) is 18.2 Å². The summed E-state index contributed by atoms with van der Waals surface area (Å²) in [6.07, 6.45) is -17.0. The molecule has 0 saturated carbocycles. The van der Waals surface area contributed by atoms with Crippen molar-refractivity contribution in [2.75, 3.05) is 20.3 Å². The molecule has 5 rings (SSSR count). The molecule has 3 aromatic rings. The van der Waals surface area contributed by atoms with Gasteiger partial charge in [-0.15, -0.1) is 0 Å². The molecule has 0 amide bonds. The molecule has 10 atom stereocenters. The number of phenols is 3. The molecule has 0 spiro atoms. The highest BCUT2D eigenvalue weighted by Crippen LogP contribution is 2.45. The van der Waals surface area contributed by atoms with E-state index in [4.69, 9.17) is 28.1 Å². The minimum Gasteiger partial charge on any atom is -0.504 e. The van der Waals surface area contributed by atoms with Gasteiger partial charge < -0.3 is 84.3 Å². The van der Waals surface area contributed by atoms with E-state index in [1.807, 2.05) is 0 Å². The number of aliphatic hydroxyl groups excluding tert-OH is 7. The molecule has 2 fully saturated rings. The summed E-state index contributed by atoms with van der Waals surface area (Å²) < 4.78 is 32.8. The molecule has 3 heterocycles. The highest BCUT2D eigenvalue weighted by Gasteiger charge is 2.48. The van der Waals surface area contributed by atoms with Gasteiger partial charge in [0, 0.05) is 11.6 Å². The van der Waals surface area contributed by atoms with Crippen molar-refractivity contribution >= 4 is 11.0 Å². The first-order valence-corrected chi connectivity index (χ1v) is 13.7. The standard InChI is InChI=1S/C28H32O18/c1-41-26-12(5-11-15(19(26)35)18(34)22(38)25(43-11)8-2-3-9(30)10(31)4-8)44-28-24(40)21(37)17(33)14(46-28)7-42-27-23(39)20(36)16(32)13(6-29)45-27/h2-5,13-14,16-17,20-21,23-24,27-33,35-40H,6-7H2,1H3. The van der Waals surface area contributed by atoms with Gasteiger partial charge in [-0.2, -0.15) is 0 Å². The van der Waals surface area contributed by atoms with Crippen molar-refractivity contribution in [1.82, 2.24) is 0 Å². The second-order valence-electron chi connectivity index (χ2n) is 10.6. The van der Waals surface area contributed by atoms with Crippen molar-refractivity contribution in [3.63, 3.8) is 0 Å². The molecule has 2 aromatic carbocycles. The summed E-state index contributed by atoms with van der Waals surface area (Å²) in [5, 5.41) is 112. The van der Waals surface area contributed by atoms with Crippen molar-refractivity contribution in [2.24, 2.45) is 0 Å². The molecular weight excluding hydrogens is 624 g/mol. The minimum absolute atomic E-state index is 0.0324. The van der Waals surface area contributed by atoms with Crippen LogP contribution in [-0.4, -0.2) is 138 Å². The fourth-order valence-corrected chi connectivity index (χ4v) is 5.10. The number of phenolic OH excluding ortho intramolecular Hbond substituents is 3. The molecule has 18 heteroatoms. The van der Waals surface area contributed by atoms with Crippen LogP contribution < -0.4 is 14.9 Å². The second kappa shape index (κ2) is 13.0. The smallest absolute Gasteiger partial charge is 0.238 e. The molecule has 10 unspecified atom stereocenters. The van der Waals surface area contributed by atoms with Crippen LogP contribution in [0.5, 0.6) is 34.5 Å². The number of methoxy groups -OCH3 is 1. The van der Waals surface area contributed by atoms with Crippen LogP contribution in [0.2, 0.25) is 0 Å². The Labute approximate surface area is 257 Å². The molecule has 18 nitrogen and oxygen atoms in total. The lowest BCUT2D eigenvalue weighted by Gasteiger charge is -2.42. The van der Waals surface area contributed by atoms with E-state index in [9.17, 15) is 61.0 Å². The first-order chi connectivity index (χ1) is 21.8. The van der Waals surface area contributed by atoms with E-state index in [-0.39, 0.29) is 11.1 Å². The van der Waals surface area contributed by atoms with E-state index in [0.29, 0.717) is 0 Å². The predicted octanol–water partition coefficient (Wildman–Crippen LogP) is -2.71. The Morgan fingerprint density at radius 1 is 0.761 bits per heavy atom. The molecule has 2 aliphatic rings. The fourth-order valence-electron chi connectivity index (χ4n) is 5.10. The highest BCUT2D eigenvalue weighted by molar-refractivity contribution is 5.91. The summed E-state index contributed by atoms with van der Waals surface area (Å²) in [7, 11) is 1.09. The molecule has 252 valence electrons. The van der Waals surface area contributed by atoms with Gasteiger partial charge in [-0.25, -0.2) is 0 Å². The molecule has 11 N–H and O–H groups in total. The van der Waals surface area contributed by atoms with Crippen LogP contribution in [0.3, 0.4) is 0 Å². The summed E-state index contributed by atoms with van der Waals surface area (Å²) in [4.78, 5) is 13.1. The Bertz CT molecular complexity index is 1620. The van der Waals surface area contributed by atoms with Crippen LogP contribution in [-0.2, 0) is 14.2 Å². The topological polar surface area (TPSA) is 299 Å². The summed E-state index contributed by atoms with van der Waals surface area (Å²) in [5.41, 5.74) is -1.52. The SMILES string of the molecule is COc1c(OC2OC(COC3OC(CO)C(O)C(O)C3O)C(O)C(O)C2O)cc2oc(-c3ccc(O)c(O)c3)c(O)c(=O)c2c1O. The molecule has 0 radical (unpaired) electrons. The quantitative estimate of drug-likeness (QED) is 0.110. The molecule has 1 aromatic heterocycles. The zero-order chi connectivity index (χ0) is 33.6. The molecular formula is C28H32O18. The number of benzene rings is 2. The van der Waals surface area contributed by atoms with Gasteiger partial charge in [0.25, 0.3) is 0 Å². The Morgan fingerprint density at radius 2 is 1.39 bits per heavy atom. The van der Waals surface area contributed by atoms with Crippen molar-refractivity contribution in [3.8, 4) is 45.8 Å². The monoisotopic (exact) mass is 656 g/mol. The van der Waals surface area contributed by atoms with Gasteiger partial charge in [-0.3, -0.25) is 4.79 Å². The van der Waals surface area contributed by atoms with E-state index in [1.54, 1.807) is 0 Å². The minimum atomic E-state index is -1.93. The largest absolute Gasteiger partial charge is 0.504 e. The zero-order valence-corrected chi connectivity index (χ0v) is 23.8. The van der Waals surface area contributed by atoms with E-state index in [1.165, 1.54) is 6.07 Å². The van der Waals surface area contributed by atoms with Gasteiger partial charge in [0.1, 0.15) is 59.8 Å². The molecule has 0 bridgehead atoms. The highest BCUT2D eigenvalue weighted by atomic mass is 16.7. The van der Waals surface area contributed by atoms with Gasteiger partial charge in [-0.1, -0.05) is 0 Å². The fraction of sp³-hybridized carbons (Fsp3) is 0.464. The number of hydrogen-bond acceptors (Lipinski definition) is 18. The van der Waals surface area contributed by atoms with Crippen LogP contribution in [0.15, 0.2) is 33.5 Å². The van der Waals surface area contributed by atoms with Gasteiger partial charge in [0.05, 0.1) is 20.3 Å². The third kappa shape index (κ3) is 5.86. The van der Waals surface area contributed by atoms with Gasteiger partial charge >= 0.3 is 0 Å².